The van der Waals surface area contributed by atoms with Gasteiger partial charge in [-0.1, -0.05) is 36.4 Å². The number of nitrogens with zero attached hydrogens (tertiary/aromatic N) is 1. The predicted octanol–water partition coefficient (Wildman–Crippen LogP) is 2.58. The van der Waals surface area contributed by atoms with Crippen LogP contribution in [0.3, 0.4) is 0 Å². The number of anilines is 1. The largest absolute Gasteiger partial charge is 0.508 e. The van der Waals surface area contributed by atoms with Crippen molar-refractivity contribution in [3.8, 4) is 5.75 Å². The molecule has 2 aromatic rings. The maximum Gasteiger partial charge on any atom is 0.313 e. The van der Waals surface area contributed by atoms with Crippen molar-refractivity contribution in [2.45, 2.75) is 12.5 Å². The molecule has 0 radical (unpaired) electrons. The van der Waals surface area contributed by atoms with E-state index in [1.165, 1.54) is 0 Å². The molecule has 3 rings (SSSR count). The molecule has 1 aliphatic heterocycles. The van der Waals surface area contributed by atoms with E-state index in [0.29, 0.717) is 18.7 Å². The van der Waals surface area contributed by atoms with Crippen LogP contribution in [0.5, 0.6) is 5.75 Å². The number of phenols is 1. The molecule has 1 heterocycles. The maximum atomic E-state index is 11.4. The molecule has 0 aromatic heterocycles. The summed E-state index contributed by atoms with van der Waals surface area (Å²) in [7, 11) is 0. The summed E-state index contributed by atoms with van der Waals surface area (Å²) in [6.07, 6.45) is 0. The minimum absolute atomic E-state index is 0.0606. The van der Waals surface area contributed by atoms with Crippen LogP contribution in [0.15, 0.2) is 48.5 Å². The van der Waals surface area contributed by atoms with Crippen LogP contribution in [0.25, 0.3) is 0 Å². The second kappa shape index (κ2) is 4.89. The lowest BCUT2D eigenvalue weighted by atomic mass is 10.0. The van der Waals surface area contributed by atoms with E-state index in [1.54, 1.807) is 12.1 Å². The summed E-state index contributed by atoms with van der Waals surface area (Å²) < 4.78 is 0. The molecule has 20 heavy (non-hydrogen) atoms. The summed E-state index contributed by atoms with van der Waals surface area (Å²) in [6.45, 7) is 1.03. The number of benzene rings is 2. The van der Waals surface area contributed by atoms with Gasteiger partial charge in [0.1, 0.15) is 11.7 Å². The van der Waals surface area contributed by atoms with Gasteiger partial charge in [0.25, 0.3) is 0 Å². The molecule has 0 aliphatic carbocycles. The lowest BCUT2D eigenvalue weighted by Gasteiger charge is -2.19. The Hall–Kier alpha value is -2.49. The maximum absolute atomic E-state index is 11.4. The molecule has 0 amide bonds. The van der Waals surface area contributed by atoms with E-state index in [-0.39, 0.29) is 5.75 Å². The second-order valence-electron chi connectivity index (χ2n) is 4.97. The zero-order chi connectivity index (χ0) is 14.1. The van der Waals surface area contributed by atoms with Crippen LogP contribution in [0.2, 0.25) is 0 Å². The molecular formula is C16H15NO3. The highest BCUT2D eigenvalue weighted by atomic mass is 16.4. The molecule has 2 N–H and O–H groups in total. The number of carboxylic acid groups (broad SMARTS) is 1. The van der Waals surface area contributed by atoms with Crippen molar-refractivity contribution in [1.29, 1.82) is 0 Å². The molecule has 0 spiro atoms. The Kier molecular flexibility index (Phi) is 3.06. The molecule has 1 aliphatic rings. The van der Waals surface area contributed by atoms with E-state index in [4.69, 9.17) is 0 Å². The van der Waals surface area contributed by atoms with E-state index in [0.717, 1.165) is 11.3 Å². The highest BCUT2D eigenvalue weighted by molar-refractivity contribution is 5.84. The molecule has 0 fully saturated rings. The van der Waals surface area contributed by atoms with E-state index < -0.39 is 11.9 Å². The zero-order valence-electron chi connectivity index (χ0n) is 10.9. The topological polar surface area (TPSA) is 60.8 Å². The molecule has 1 unspecified atom stereocenters. The van der Waals surface area contributed by atoms with Gasteiger partial charge in [0.2, 0.25) is 0 Å². The van der Waals surface area contributed by atoms with Crippen molar-refractivity contribution in [2.75, 3.05) is 11.4 Å². The molecule has 0 saturated heterocycles. The van der Waals surface area contributed by atoms with Crippen LogP contribution >= 0.6 is 0 Å². The molecule has 2 aromatic carbocycles. The summed E-state index contributed by atoms with van der Waals surface area (Å²) in [6, 6.07) is 15.0. The number of aliphatic carboxylic acids is 1. The highest BCUT2D eigenvalue weighted by Gasteiger charge is 2.35. The van der Waals surface area contributed by atoms with Crippen molar-refractivity contribution in [2.24, 2.45) is 0 Å². The number of carbonyl (C=O) groups is 1. The Balaban J connectivity index is 1.96. The van der Waals surface area contributed by atoms with Crippen LogP contribution in [-0.4, -0.2) is 22.7 Å². The van der Waals surface area contributed by atoms with Gasteiger partial charge in [-0.05, 0) is 17.7 Å². The average Bonchev–Trinajstić information content (AvgIpc) is 2.81. The minimum atomic E-state index is -0.900. The van der Waals surface area contributed by atoms with Gasteiger partial charge in [0, 0.05) is 24.3 Å². The van der Waals surface area contributed by atoms with Gasteiger partial charge >= 0.3 is 5.97 Å². The van der Waals surface area contributed by atoms with E-state index >= 15 is 0 Å². The number of hydrogen-bond donors (Lipinski definition) is 2. The van der Waals surface area contributed by atoms with Gasteiger partial charge in [-0.3, -0.25) is 4.79 Å². The molecule has 0 bridgehead atoms. The lowest BCUT2D eigenvalue weighted by Crippen LogP contribution is -2.24. The first-order valence-electron chi connectivity index (χ1n) is 6.50. The van der Waals surface area contributed by atoms with Gasteiger partial charge in [0.15, 0.2) is 0 Å². The minimum Gasteiger partial charge on any atom is -0.508 e. The zero-order valence-corrected chi connectivity index (χ0v) is 10.9. The van der Waals surface area contributed by atoms with Crippen LogP contribution in [0, 0.1) is 0 Å². The third-order valence-corrected chi connectivity index (χ3v) is 3.67. The summed E-state index contributed by atoms with van der Waals surface area (Å²) in [5.74, 6) is -1.51. The molecule has 4 heteroatoms. The van der Waals surface area contributed by atoms with Gasteiger partial charge in [-0.15, -0.1) is 0 Å². The van der Waals surface area contributed by atoms with Crippen molar-refractivity contribution in [1.82, 2.24) is 0 Å². The predicted molar refractivity (Wildman–Crippen MR) is 76.0 cm³/mol. The Morgan fingerprint density at radius 1 is 1.15 bits per heavy atom. The average molecular weight is 269 g/mol. The van der Waals surface area contributed by atoms with Crippen molar-refractivity contribution < 1.29 is 15.0 Å². The first-order valence-corrected chi connectivity index (χ1v) is 6.50. The van der Waals surface area contributed by atoms with Crippen molar-refractivity contribution >= 4 is 11.7 Å². The molecular weight excluding hydrogens is 254 g/mol. The number of aromatic hydroxyl groups is 1. The van der Waals surface area contributed by atoms with Crippen molar-refractivity contribution in [3.63, 3.8) is 0 Å². The first kappa shape index (κ1) is 12.5. The Morgan fingerprint density at radius 2 is 1.90 bits per heavy atom. The third kappa shape index (κ3) is 2.09. The number of fused-ring (bicyclic) bond motifs is 1. The molecule has 1 atom stereocenters. The highest BCUT2D eigenvalue weighted by Crippen LogP contribution is 2.42. The van der Waals surface area contributed by atoms with Gasteiger partial charge in [-0.25, -0.2) is 0 Å². The van der Waals surface area contributed by atoms with Crippen LogP contribution in [0.4, 0.5) is 5.69 Å². The summed E-state index contributed by atoms with van der Waals surface area (Å²) in [5.41, 5.74) is 2.45. The molecule has 102 valence electrons. The van der Waals surface area contributed by atoms with E-state index in [1.807, 2.05) is 41.3 Å². The number of rotatable bonds is 3. The van der Waals surface area contributed by atoms with Crippen LogP contribution < -0.4 is 4.90 Å². The van der Waals surface area contributed by atoms with Crippen LogP contribution in [-0.2, 0) is 11.3 Å². The lowest BCUT2D eigenvalue weighted by molar-refractivity contribution is -0.138. The third-order valence-electron chi connectivity index (χ3n) is 3.67. The smallest absolute Gasteiger partial charge is 0.313 e. The monoisotopic (exact) mass is 269 g/mol. The van der Waals surface area contributed by atoms with Gasteiger partial charge in [0.05, 0.1) is 0 Å². The quantitative estimate of drug-likeness (QED) is 0.899. The van der Waals surface area contributed by atoms with Gasteiger partial charge < -0.3 is 15.1 Å². The molecule has 4 nitrogen and oxygen atoms in total. The van der Waals surface area contributed by atoms with Gasteiger partial charge in [-0.2, -0.15) is 0 Å². The first-order chi connectivity index (χ1) is 9.66. The summed E-state index contributed by atoms with van der Waals surface area (Å²) in [5, 5.41) is 19.3. The fourth-order valence-corrected chi connectivity index (χ4v) is 2.74. The Labute approximate surface area is 116 Å². The SMILES string of the molecule is O=C(O)C1CN(Cc2ccccc2)c2cccc(O)c21. The van der Waals surface area contributed by atoms with Crippen molar-refractivity contribution in [3.05, 3.63) is 59.7 Å². The van der Waals surface area contributed by atoms with E-state index in [2.05, 4.69) is 0 Å². The van der Waals surface area contributed by atoms with Crippen LogP contribution in [0.1, 0.15) is 17.0 Å². The van der Waals surface area contributed by atoms with E-state index in [9.17, 15) is 15.0 Å². The number of hydrogen-bond acceptors (Lipinski definition) is 3. The number of carboxylic acids is 1. The Bertz CT molecular complexity index is 639. The fraction of sp³-hybridized carbons (Fsp3) is 0.188. The number of phenolic OH excluding ortho intramolecular Hbond substituents is 1. The molecule has 0 saturated carbocycles. The second-order valence-corrected chi connectivity index (χ2v) is 4.97. The fourth-order valence-electron chi connectivity index (χ4n) is 2.74. The standard InChI is InChI=1S/C16H15NO3/c18-14-8-4-7-13-15(14)12(16(19)20)10-17(13)9-11-5-2-1-3-6-11/h1-8,12,18H,9-10H2,(H,19,20). The normalized spacial score (nSPS) is 17.0. The summed E-state index contributed by atoms with van der Waals surface area (Å²) in [4.78, 5) is 13.4. The Morgan fingerprint density at radius 3 is 2.60 bits per heavy atom. The summed E-state index contributed by atoms with van der Waals surface area (Å²) >= 11 is 0.